The molecule has 1 unspecified atom stereocenters. The van der Waals surface area contributed by atoms with Crippen LogP contribution in [0.3, 0.4) is 0 Å². The number of hydrogen-bond acceptors (Lipinski definition) is 4. The zero-order valence-corrected chi connectivity index (χ0v) is 12.4. The third kappa shape index (κ3) is 2.69. The second-order valence-corrected chi connectivity index (χ2v) is 6.05. The highest BCUT2D eigenvalue weighted by Crippen LogP contribution is 2.25. The van der Waals surface area contributed by atoms with Gasteiger partial charge in [-0.2, -0.15) is 0 Å². The van der Waals surface area contributed by atoms with Crippen LogP contribution >= 0.6 is 0 Å². The number of rotatable bonds is 2. The first kappa shape index (κ1) is 14.6. The lowest BCUT2D eigenvalue weighted by atomic mass is 9.94. The lowest BCUT2D eigenvalue weighted by molar-refractivity contribution is -0.124. The highest BCUT2D eigenvalue weighted by molar-refractivity contribution is 5.94. The van der Waals surface area contributed by atoms with Gasteiger partial charge in [0.05, 0.1) is 6.20 Å². The number of likely N-dealkylation sites (N-methyl/N-ethyl adjacent to an activating group) is 1. The maximum Gasteiger partial charge on any atom is 0.310 e. The third-order valence-electron chi connectivity index (χ3n) is 3.49. The largest absolute Gasteiger partial charge is 0.437 e. The second-order valence-electron chi connectivity index (χ2n) is 6.05. The van der Waals surface area contributed by atoms with Crippen molar-refractivity contribution in [2.75, 3.05) is 13.6 Å². The van der Waals surface area contributed by atoms with E-state index in [0.29, 0.717) is 18.7 Å². The minimum atomic E-state index is -0.419. The van der Waals surface area contributed by atoms with E-state index in [-0.39, 0.29) is 23.1 Å². The van der Waals surface area contributed by atoms with Crippen molar-refractivity contribution in [2.24, 2.45) is 0 Å². The number of carbonyl (C=O) groups is 2. The molecule has 6 nitrogen and oxygen atoms in total. The molecule has 6 heteroatoms. The van der Waals surface area contributed by atoms with Crippen molar-refractivity contribution in [3.63, 3.8) is 0 Å². The SMILES string of the molecule is CNC(=O)C1CCCN1C(=O)c1ncc(C(C)(C)C)o1. The van der Waals surface area contributed by atoms with Gasteiger partial charge in [-0.05, 0) is 12.8 Å². The summed E-state index contributed by atoms with van der Waals surface area (Å²) in [6.07, 6.45) is 3.08. The first-order chi connectivity index (χ1) is 9.34. The Bertz CT molecular complexity index is 516. The van der Waals surface area contributed by atoms with Crippen LogP contribution in [0.15, 0.2) is 10.6 Å². The fourth-order valence-electron chi connectivity index (χ4n) is 2.29. The molecule has 0 aliphatic carbocycles. The van der Waals surface area contributed by atoms with Crippen LogP contribution in [0.2, 0.25) is 0 Å². The minimum Gasteiger partial charge on any atom is -0.437 e. The molecule has 1 fully saturated rings. The van der Waals surface area contributed by atoms with Gasteiger partial charge in [0.15, 0.2) is 0 Å². The van der Waals surface area contributed by atoms with Crippen LogP contribution in [0.25, 0.3) is 0 Å². The van der Waals surface area contributed by atoms with Gasteiger partial charge in [0.25, 0.3) is 5.89 Å². The van der Waals surface area contributed by atoms with Gasteiger partial charge in [-0.3, -0.25) is 9.59 Å². The number of nitrogens with one attached hydrogen (secondary N) is 1. The summed E-state index contributed by atoms with van der Waals surface area (Å²) in [5.41, 5.74) is -0.198. The Kier molecular flexibility index (Phi) is 3.83. The van der Waals surface area contributed by atoms with E-state index < -0.39 is 6.04 Å². The molecule has 1 aliphatic heterocycles. The first-order valence-electron chi connectivity index (χ1n) is 6.83. The van der Waals surface area contributed by atoms with Crippen LogP contribution in [0.4, 0.5) is 0 Å². The molecule has 1 aromatic heterocycles. The average molecular weight is 279 g/mol. The molecular formula is C14H21N3O3. The van der Waals surface area contributed by atoms with Crippen LogP contribution in [0.1, 0.15) is 50.1 Å². The third-order valence-corrected chi connectivity index (χ3v) is 3.49. The Balaban J connectivity index is 2.19. The number of oxazole rings is 1. The van der Waals surface area contributed by atoms with E-state index in [0.717, 1.165) is 6.42 Å². The normalized spacial score (nSPS) is 19.2. The van der Waals surface area contributed by atoms with Crippen LogP contribution < -0.4 is 5.32 Å². The first-order valence-corrected chi connectivity index (χ1v) is 6.83. The molecule has 1 aliphatic rings. The number of carbonyl (C=O) groups excluding carboxylic acids is 2. The number of nitrogens with zero attached hydrogens (tertiary/aromatic N) is 2. The van der Waals surface area contributed by atoms with Gasteiger partial charge in [0.2, 0.25) is 5.91 Å². The number of amides is 2. The second kappa shape index (κ2) is 5.26. The molecule has 110 valence electrons. The van der Waals surface area contributed by atoms with Crippen molar-refractivity contribution >= 4 is 11.8 Å². The molecule has 2 rings (SSSR count). The Morgan fingerprint density at radius 1 is 1.45 bits per heavy atom. The van der Waals surface area contributed by atoms with Gasteiger partial charge in [-0.1, -0.05) is 20.8 Å². The van der Waals surface area contributed by atoms with Crippen molar-refractivity contribution in [2.45, 2.75) is 45.1 Å². The quantitative estimate of drug-likeness (QED) is 0.886. The van der Waals surface area contributed by atoms with Crippen LogP contribution in [-0.4, -0.2) is 41.3 Å². The van der Waals surface area contributed by atoms with Gasteiger partial charge >= 0.3 is 5.91 Å². The molecule has 2 heterocycles. The summed E-state index contributed by atoms with van der Waals surface area (Å²) >= 11 is 0. The molecular weight excluding hydrogens is 258 g/mol. The smallest absolute Gasteiger partial charge is 0.310 e. The Hall–Kier alpha value is -1.85. The lowest BCUT2D eigenvalue weighted by Gasteiger charge is -2.21. The number of hydrogen-bond donors (Lipinski definition) is 1. The summed E-state index contributed by atoms with van der Waals surface area (Å²) in [4.78, 5) is 29.8. The maximum absolute atomic E-state index is 12.4. The van der Waals surface area contributed by atoms with Gasteiger partial charge in [0, 0.05) is 19.0 Å². The molecule has 1 aromatic rings. The summed E-state index contributed by atoms with van der Waals surface area (Å²) in [5.74, 6) is 0.271. The summed E-state index contributed by atoms with van der Waals surface area (Å²) in [5, 5.41) is 2.59. The van der Waals surface area contributed by atoms with Crippen LogP contribution in [0.5, 0.6) is 0 Å². The van der Waals surface area contributed by atoms with Crippen molar-refractivity contribution in [3.05, 3.63) is 17.8 Å². The summed E-state index contributed by atoms with van der Waals surface area (Å²) < 4.78 is 5.55. The molecule has 1 atom stereocenters. The van der Waals surface area contributed by atoms with E-state index in [1.807, 2.05) is 20.8 Å². The van der Waals surface area contributed by atoms with E-state index in [1.54, 1.807) is 13.2 Å². The predicted molar refractivity (Wildman–Crippen MR) is 73.3 cm³/mol. The van der Waals surface area contributed by atoms with Crippen molar-refractivity contribution in [1.82, 2.24) is 15.2 Å². The fraction of sp³-hybridized carbons (Fsp3) is 0.643. The van der Waals surface area contributed by atoms with E-state index in [2.05, 4.69) is 10.3 Å². The monoisotopic (exact) mass is 279 g/mol. The summed E-state index contributed by atoms with van der Waals surface area (Å²) in [6.45, 7) is 6.53. The van der Waals surface area contributed by atoms with Crippen molar-refractivity contribution < 1.29 is 14.0 Å². The fourth-order valence-corrected chi connectivity index (χ4v) is 2.29. The van der Waals surface area contributed by atoms with Crippen LogP contribution in [0, 0.1) is 0 Å². The summed E-state index contributed by atoms with van der Waals surface area (Å²) in [7, 11) is 1.58. The molecule has 1 N–H and O–H groups in total. The van der Waals surface area contributed by atoms with E-state index in [1.165, 1.54) is 4.90 Å². The average Bonchev–Trinajstić information content (AvgIpc) is 3.04. The van der Waals surface area contributed by atoms with E-state index in [4.69, 9.17) is 4.42 Å². The molecule has 20 heavy (non-hydrogen) atoms. The predicted octanol–water partition coefficient (Wildman–Crippen LogP) is 1.32. The Morgan fingerprint density at radius 3 is 2.70 bits per heavy atom. The number of likely N-dealkylation sites (tertiary alicyclic amines) is 1. The molecule has 0 radical (unpaired) electrons. The molecule has 0 bridgehead atoms. The number of aromatic nitrogens is 1. The standard InChI is InChI=1S/C14H21N3O3/c1-14(2,3)10-8-16-12(20-10)13(19)17-7-5-6-9(17)11(18)15-4/h8-9H,5-7H2,1-4H3,(H,15,18). The molecule has 0 saturated carbocycles. The van der Waals surface area contributed by atoms with Gasteiger partial charge < -0.3 is 14.6 Å². The molecule has 1 saturated heterocycles. The highest BCUT2D eigenvalue weighted by Gasteiger charge is 2.36. The Labute approximate surface area is 118 Å². The van der Waals surface area contributed by atoms with Gasteiger partial charge in [0.1, 0.15) is 11.8 Å². The topological polar surface area (TPSA) is 75.4 Å². The van der Waals surface area contributed by atoms with Crippen molar-refractivity contribution in [3.8, 4) is 0 Å². The molecule has 2 amide bonds. The highest BCUT2D eigenvalue weighted by atomic mass is 16.4. The molecule has 0 aromatic carbocycles. The summed E-state index contributed by atoms with van der Waals surface area (Å²) in [6, 6.07) is -0.419. The van der Waals surface area contributed by atoms with Gasteiger partial charge in [-0.25, -0.2) is 4.98 Å². The van der Waals surface area contributed by atoms with Crippen LogP contribution in [-0.2, 0) is 10.2 Å². The zero-order valence-electron chi connectivity index (χ0n) is 12.4. The van der Waals surface area contributed by atoms with E-state index in [9.17, 15) is 9.59 Å². The minimum absolute atomic E-state index is 0.0609. The molecule has 0 spiro atoms. The Morgan fingerprint density at radius 2 is 2.15 bits per heavy atom. The van der Waals surface area contributed by atoms with E-state index >= 15 is 0 Å². The zero-order chi connectivity index (χ0) is 14.9. The maximum atomic E-state index is 12.4. The van der Waals surface area contributed by atoms with Gasteiger partial charge in [-0.15, -0.1) is 0 Å². The lowest BCUT2D eigenvalue weighted by Crippen LogP contribution is -2.45. The van der Waals surface area contributed by atoms with Crippen molar-refractivity contribution in [1.29, 1.82) is 0 Å².